The highest BCUT2D eigenvalue weighted by Gasteiger charge is 2.17. The Morgan fingerprint density at radius 2 is 1.92 bits per heavy atom. The molecule has 0 unspecified atom stereocenters. The maximum absolute atomic E-state index is 12.5. The first kappa shape index (κ1) is 18.4. The second-order valence-corrected chi connectivity index (χ2v) is 8.43. The molecular weight excluding hydrogens is 398 g/mol. The van der Waals surface area contributed by atoms with Gasteiger partial charge in [0.1, 0.15) is 11.3 Å². The Morgan fingerprint density at radius 3 is 2.54 bits per heavy atom. The third-order valence-corrected chi connectivity index (χ3v) is 5.91. The van der Waals surface area contributed by atoms with Gasteiger partial charge < -0.3 is 10.1 Å². The molecule has 0 atom stereocenters. The second-order valence-electron chi connectivity index (χ2n) is 5.28. The van der Waals surface area contributed by atoms with Gasteiger partial charge in [-0.05, 0) is 30.3 Å². The van der Waals surface area contributed by atoms with Crippen LogP contribution in [0.15, 0.2) is 41.3 Å². The molecule has 0 aliphatic rings. The molecule has 1 amide bonds. The SMILES string of the molecule is COc1cc(NS(=O)(=O)c2ccc(Cl)cc2)cc2sc(NC(C)=O)nc12. The highest BCUT2D eigenvalue weighted by Crippen LogP contribution is 2.36. The summed E-state index contributed by atoms with van der Waals surface area (Å²) in [5.74, 6) is 0.149. The minimum Gasteiger partial charge on any atom is -0.494 e. The number of amides is 1. The molecule has 0 saturated carbocycles. The van der Waals surface area contributed by atoms with Gasteiger partial charge in [-0.1, -0.05) is 22.9 Å². The standard InChI is InChI=1S/C16H14ClN3O4S2/c1-9(21)18-16-19-15-13(24-2)7-11(8-14(15)25-16)20-26(22,23)12-5-3-10(17)4-6-12/h3-8,20H,1-2H3,(H,18,19,21). The largest absolute Gasteiger partial charge is 0.494 e. The lowest BCUT2D eigenvalue weighted by molar-refractivity contribution is -0.114. The van der Waals surface area contributed by atoms with Gasteiger partial charge in [0.25, 0.3) is 10.0 Å². The van der Waals surface area contributed by atoms with Crippen molar-refractivity contribution in [3.05, 3.63) is 41.4 Å². The van der Waals surface area contributed by atoms with Crippen molar-refractivity contribution in [1.82, 2.24) is 4.98 Å². The Labute approximate surface area is 159 Å². The number of rotatable bonds is 5. The molecule has 26 heavy (non-hydrogen) atoms. The summed E-state index contributed by atoms with van der Waals surface area (Å²) in [6.45, 7) is 1.38. The molecule has 2 aromatic carbocycles. The van der Waals surface area contributed by atoms with E-state index in [1.165, 1.54) is 55.7 Å². The second kappa shape index (κ2) is 7.10. The number of hydrogen-bond acceptors (Lipinski definition) is 6. The molecule has 0 spiro atoms. The van der Waals surface area contributed by atoms with Gasteiger partial charge >= 0.3 is 0 Å². The van der Waals surface area contributed by atoms with Crippen molar-refractivity contribution < 1.29 is 17.9 Å². The van der Waals surface area contributed by atoms with E-state index in [4.69, 9.17) is 16.3 Å². The number of methoxy groups -OCH3 is 1. The fourth-order valence-corrected chi connectivity index (χ4v) is 4.38. The van der Waals surface area contributed by atoms with Gasteiger partial charge in [0.05, 0.1) is 22.4 Å². The van der Waals surface area contributed by atoms with Crippen LogP contribution in [0, 0.1) is 0 Å². The van der Waals surface area contributed by atoms with Gasteiger partial charge in [0, 0.05) is 18.0 Å². The molecule has 0 aliphatic heterocycles. The first-order valence-corrected chi connectivity index (χ1v) is 10.0. The molecule has 0 aliphatic carbocycles. The normalized spacial score (nSPS) is 11.3. The Bertz CT molecular complexity index is 1080. The number of aromatic nitrogens is 1. The number of carbonyl (C=O) groups is 1. The van der Waals surface area contributed by atoms with Crippen molar-refractivity contribution in [2.24, 2.45) is 0 Å². The van der Waals surface area contributed by atoms with Crippen molar-refractivity contribution >= 4 is 59.9 Å². The molecule has 0 saturated heterocycles. The Morgan fingerprint density at radius 1 is 1.23 bits per heavy atom. The fraction of sp³-hybridized carbons (Fsp3) is 0.125. The number of sulfonamides is 1. The molecule has 1 heterocycles. The van der Waals surface area contributed by atoms with E-state index >= 15 is 0 Å². The Balaban J connectivity index is 1.99. The lowest BCUT2D eigenvalue weighted by Gasteiger charge is -2.10. The van der Waals surface area contributed by atoms with Gasteiger partial charge in [0.2, 0.25) is 5.91 Å². The zero-order chi connectivity index (χ0) is 18.9. The number of nitrogens with one attached hydrogen (secondary N) is 2. The van der Waals surface area contributed by atoms with E-state index in [2.05, 4.69) is 15.0 Å². The number of hydrogen-bond donors (Lipinski definition) is 2. The van der Waals surface area contributed by atoms with Crippen LogP contribution < -0.4 is 14.8 Å². The summed E-state index contributed by atoms with van der Waals surface area (Å²) in [5.41, 5.74) is 0.859. The van der Waals surface area contributed by atoms with Crippen molar-refractivity contribution in [2.75, 3.05) is 17.1 Å². The van der Waals surface area contributed by atoms with E-state index in [1.807, 2.05) is 0 Å². The summed E-state index contributed by atoms with van der Waals surface area (Å²) < 4.78 is 33.6. The van der Waals surface area contributed by atoms with Gasteiger partial charge in [-0.25, -0.2) is 13.4 Å². The Hall–Kier alpha value is -2.36. The van der Waals surface area contributed by atoms with E-state index < -0.39 is 10.0 Å². The minimum atomic E-state index is -3.79. The third-order valence-electron chi connectivity index (χ3n) is 3.34. The molecule has 3 rings (SSSR count). The van der Waals surface area contributed by atoms with Crippen LogP contribution in [0.4, 0.5) is 10.8 Å². The maximum atomic E-state index is 12.5. The lowest BCUT2D eigenvalue weighted by Crippen LogP contribution is -2.12. The molecule has 3 aromatic rings. The van der Waals surface area contributed by atoms with Crippen LogP contribution >= 0.6 is 22.9 Å². The van der Waals surface area contributed by atoms with Crippen LogP contribution in [-0.2, 0) is 14.8 Å². The number of carbonyl (C=O) groups excluding carboxylic acids is 1. The quantitative estimate of drug-likeness (QED) is 0.666. The van der Waals surface area contributed by atoms with E-state index in [-0.39, 0.29) is 10.8 Å². The number of anilines is 2. The predicted molar refractivity (Wildman–Crippen MR) is 103 cm³/mol. The first-order chi connectivity index (χ1) is 12.3. The first-order valence-electron chi connectivity index (χ1n) is 7.33. The molecular formula is C16H14ClN3O4S2. The summed E-state index contributed by atoms with van der Waals surface area (Å²) >= 11 is 7.02. The fourth-order valence-electron chi connectivity index (χ4n) is 2.25. The van der Waals surface area contributed by atoms with Crippen LogP contribution in [0.2, 0.25) is 5.02 Å². The predicted octanol–water partition coefficient (Wildman–Crippen LogP) is 3.72. The number of nitrogens with zero attached hydrogens (tertiary/aromatic N) is 1. The van der Waals surface area contributed by atoms with E-state index in [1.54, 1.807) is 6.07 Å². The number of benzene rings is 2. The van der Waals surface area contributed by atoms with Crippen molar-refractivity contribution in [1.29, 1.82) is 0 Å². The molecule has 0 fully saturated rings. The highest BCUT2D eigenvalue weighted by atomic mass is 35.5. The van der Waals surface area contributed by atoms with Crippen LogP contribution in [0.3, 0.4) is 0 Å². The summed E-state index contributed by atoms with van der Waals surface area (Å²) in [6.07, 6.45) is 0. The summed E-state index contributed by atoms with van der Waals surface area (Å²) in [7, 11) is -2.32. The zero-order valence-corrected chi connectivity index (χ0v) is 16.1. The minimum absolute atomic E-state index is 0.0872. The molecule has 10 heteroatoms. The van der Waals surface area contributed by atoms with Gasteiger partial charge in [-0.15, -0.1) is 0 Å². The molecule has 7 nitrogen and oxygen atoms in total. The molecule has 0 radical (unpaired) electrons. The molecule has 0 bridgehead atoms. The van der Waals surface area contributed by atoms with Crippen LogP contribution in [0.1, 0.15) is 6.92 Å². The van der Waals surface area contributed by atoms with E-state index in [0.29, 0.717) is 31.8 Å². The van der Waals surface area contributed by atoms with Crippen molar-refractivity contribution in [3.8, 4) is 5.75 Å². The van der Waals surface area contributed by atoms with Crippen LogP contribution in [0.5, 0.6) is 5.75 Å². The average Bonchev–Trinajstić information content (AvgIpc) is 2.95. The van der Waals surface area contributed by atoms with E-state index in [9.17, 15) is 13.2 Å². The monoisotopic (exact) mass is 411 g/mol. The van der Waals surface area contributed by atoms with E-state index in [0.717, 1.165) is 0 Å². The van der Waals surface area contributed by atoms with Crippen molar-refractivity contribution in [2.45, 2.75) is 11.8 Å². The van der Waals surface area contributed by atoms with Gasteiger partial charge in [-0.2, -0.15) is 0 Å². The van der Waals surface area contributed by atoms with Crippen molar-refractivity contribution in [3.63, 3.8) is 0 Å². The summed E-state index contributed by atoms with van der Waals surface area (Å²) in [5, 5.41) is 3.46. The summed E-state index contributed by atoms with van der Waals surface area (Å²) in [4.78, 5) is 15.6. The summed E-state index contributed by atoms with van der Waals surface area (Å²) in [6, 6.07) is 9.01. The topological polar surface area (TPSA) is 97.4 Å². The van der Waals surface area contributed by atoms with Crippen LogP contribution in [0.25, 0.3) is 10.2 Å². The number of ether oxygens (including phenoxy) is 1. The zero-order valence-electron chi connectivity index (χ0n) is 13.7. The van der Waals surface area contributed by atoms with Gasteiger partial charge in [-0.3, -0.25) is 9.52 Å². The third kappa shape index (κ3) is 3.90. The molecule has 2 N–H and O–H groups in total. The van der Waals surface area contributed by atoms with Crippen LogP contribution in [-0.4, -0.2) is 26.4 Å². The van der Waals surface area contributed by atoms with Gasteiger partial charge in [0.15, 0.2) is 5.13 Å². The smallest absolute Gasteiger partial charge is 0.261 e. The Kier molecular flexibility index (Phi) is 5.03. The molecule has 136 valence electrons. The number of halogens is 1. The maximum Gasteiger partial charge on any atom is 0.261 e. The number of thiazole rings is 1. The number of fused-ring (bicyclic) bond motifs is 1. The molecule has 1 aromatic heterocycles. The lowest BCUT2D eigenvalue weighted by atomic mass is 10.3. The highest BCUT2D eigenvalue weighted by molar-refractivity contribution is 7.92. The average molecular weight is 412 g/mol.